The predicted octanol–water partition coefficient (Wildman–Crippen LogP) is 3.75. The molecular weight excluding hydrogens is 160 g/mol. The van der Waals surface area contributed by atoms with E-state index in [0.29, 0.717) is 0 Å². The molecule has 1 heteroatoms. The molecule has 0 aromatic carbocycles. The Labute approximate surface area is 83.5 Å². The highest BCUT2D eigenvalue weighted by Gasteiger charge is 2.26. The SMILES string of the molecule is CCCCC[C@](C)(O)CC(C)(C)C. The lowest BCUT2D eigenvalue weighted by atomic mass is 9.80. The van der Waals surface area contributed by atoms with E-state index in [2.05, 4.69) is 27.7 Å². The third kappa shape index (κ3) is 8.29. The molecule has 0 amide bonds. The van der Waals surface area contributed by atoms with E-state index in [1.165, 1.54) is 12.8 Å². The highest BCUT2D eigenvalue weighted by molar-refractivity contribution is 4.79. The van der Waals surface area contributed by atoms with E-state index < -0.39 is 5.60 Å². The zero-order valence-corrected chi connectivity index (χ0v) is 9.98. The van der Waals surface area contributed by atoms with Crippen molar-refractivity contribution in [3.8, 4) is 0 Å². The van der Waals surface area contributed by atoms with Crippen molar-refractivity contribution < 1.29 is 5.11 Å². The van der Waals surface area contributed by atoms with Crippen LogP contribution in [0.5, 0.6) is 0 Å². The first-order valence-electron chi connectivity index (χ1n) is 5.49. The fraction of sp³-hybridized carbons (Fsp3) is 1.00. The molecule has 0 bridgehead atoms. The fourth-order valence-corrected chi connectivity index (χ4v) is 1.99. The topological polar surface area (TPSA) is 20.2 Å². The number of unbranched alkanes of at least 4 members (excludes halogenated alkanes) is 2. The van der Waals surface area contributed by atoms with Gasteiger partial charge in [0.1, 0.15) is 0 Å². The Hall–Kier alpha value is -0.0400. The van der Waals surface area contributed by atoms with Gasteiger partial charge >= 0.3 is 0 Å². The summed E-state index contributed by atoms with van der Waals surface area (Å²) in [6.45, 7) is 10.7. The van der Waals surface area contributed by atoms with Gasteiger partial charge in [-0.05, 0) is 25.2 Å². The lowest BCUT2D eigenvalue weighted by Gasteiger charge is -2.31. The van der Waals surface area contributed by atoms with E-state index in [-0.39, 0.29) is 5.41 Å². The highest BCUT2D eigenvalue weighted by Crippen LogP contribution is 2.30. The second-order valence-corrected chi connectivity index (χ2v) is 5.69. The number of aliphatic hydroxyl groups is 1. The molecule has 0 radical (unpaired) electrons. The maximum atomic E-state index is 10.1. The van der Waals surface area contributed by atoms with E-state index >= 15 is 0 Å². The number of rotatable bonds is 5. The van der Waals surface area contributed by atoms with Gasteiger partial charge in [-0.3, -0.25) is 0 Å². The van der Waals surface area contributed by atoms with Crippen molar-refractivity contribution in [1.29, 1.82) is 0 Å². The van der Waals surface area contributed by atoms with E-state index in [0.717, 1.165) is 19.3 Å². The zero-order valence-electron chi connectivity index (χ0n) is 9.98. The minimum absolute atomic E-state index is 0.232. The van der Waals surface area contributed by atoms with Crippen LogP contribution >= 0.6 is 0 Å². The summed E-state index contributed by atoms with van der Waals surface area (Å²) >= 11 is 0. The molecule has 0 aliphatic carbocycles. The van der Waals surface area contributed by atoms with Crippen LogP contribution in [0.15, 0.2) is 0 Å². The highest BCUT2D eigenvalue weighted by atomic mass is 16.3. The third-order valence-corrected chi connectivity index (χ3v) is 2.23. The molecule has 0 spiro atoms. The Balaban J connectivity index is 3.80. The van der Waals surface area contributed by atoms with Crippen molar-refractivity contribution in [1.82, 2.24) is 0 Å². The van der Waals surface area contributed by atoms with Crippen molar-refractivity contribution in [3.05, 3.63) is 0 Å². The Morgan fingerprint density at radius 2 is 1.54 bits per heavy atom. The van der Waals surface area contributed by atoms with Gasteiger partial charge in [0.2, 0.25) is 0 Å². The Morgan fingerprint density at radius 3 is 1.92 bits per heavy atom. The minimum Gasteiger partial charge on any atom is -0.390 e. The van der Waals surface area contributed by atoms with Crippen LogP contribution in [-0.2, 0) is 0 Å². The zero-order chi connectivity index (χ0) is 10.5. The fourth-order valence-electron chi connectivity index (χ4n) is 1.99. The first-order valence-corrected chi connectivity index (χ1v) is 5.49. The molecule has 0 saturated heterocycles. The molecule has 0 heterocycles. The minimum atomic E-state index is -0.465. The summed E-state index contributed by atoms with van der Waals surface area (Å²) in [7, 11) is 0. The summed E-state index contributed by atoms with van der Waals surface area (Å²) in [6.07, 6.45) is 5.45. The van der Waals surface area contributed by atoms with Crippen molar-refractivity contribution in [3.63, 3.8) is 0 Å². The molecule has 13 heavy (non-hydrogen) atoms. The smallest absolute Gasteiger partial charge is 0.0624 e. The first kappa shape index (κ1) is 13.0. The molecule has 0 saturated carbocycles. The van der Waals surface area contributed by atoms with Crippen LogP contribution in [0.1, 0.15) is 66.7 Å². The van der Waals surface area contributed by atoms with Crippen LogP contribution in [0, 0.1) is 5.41 Å². The number of hydrogen-bond donors (Lipinski definition) is 1. The van der Waals surface area contributed by atoms with E-state index in [1.807, 2.05) is 6.92 Å². The van der Waals surface area contributed by atoms with Crippen LogP contribution < -0.4 is 0 Å². The predicted molar refractivity (Wildman–Crippen MR) is 58.8 cm³/mol. The van der Waals surface area contributed by atoms with E-state index in [9.17, 15) is 5.11 Å². The molecule has 1 nitrogen and oxygen atoms in total. The second kappa shape index (κ2) is 4.99. The molecule has 0 aromatic heterocycles. The van der Waals surface area contributed by atoms with Gasteiger partial charge < -0.3 is 5.11 Å². The maximum Gasteiger partial charge on any atom is 0.0624 e. The van der Waals surface area contributed by atoms with Gasteiger partial charge in [-0.1, -0.05) is 47.0 Å². The molecule has 0 fully saturated rings. The second-order valence-electron chi connectivity index (χ2n) is 5.69. The number of hydrogen-bond acceptors (Lipinski definition) is 1. The van der Waals surface area contributed by atoms with E-state index in [1.54, 1.807) is 0 Å². The van der Waals surface area contributed by atoms with Gasteiger partial charge in [0, 0.05) is 0 Å². The molecule has 0 aliphatic rings. The van der Waals surface area contributed by atoms with Crippen LogP contribution in [-0.4, -0.2) is 10.7 Å². The summed E-state index contributed by atoms with van der Waals surface area (Å²) in [6, 6.07) is 0. The Kier molecular flexibility index (Phi) is 4.98. The first-order chi connectivity index (χ1) is 5.77. The summed E-state index contributed by atoms with van der Waals surface area (Å²) in [4.78, 5) is 0. The average Bonchev–Trinajstić information content (AvgIpc) is 1.81. The van der Waals surface area contributed by atoms with Crippen molar-refractivity contribution in [2.45, 2.75) is 72.3 Å². The monoisotopic (exact) mass is 186 g/mol. The van der Waals surface area contributed by atoms with Gasteiger partial charge in [0.15, 0.2) is 0 Å². The summed E-state index contributed by atoms with van der Waals surface area (Å²) in [5.74, 6) is 0. The van der Waals surface area contributed by atoms with E-state index in [4.69, 9.17) is 0 Å². The molecule has 80 valence electrons. The Morgan fingerprint density at radius 1 is 1.00 bits per heavy atom. The van der Waals surface area contributed by atoms with Crippen LogP contribution in [0.3, 0.4) is 0 Å². The molecule has 1 atom stereocenters. The summed E-state index contributed by atoms with van der Waals surface area (Å²) < 4.78 is 0. The van der Waals surface area contributed by atoms with Gasteiger partial charge in [-0.25, -0.2) is 0 Å². The van der Waals surface area contributed by atoms with Gasteiger partial charge in [-0.15, -0.1) is 0 Å². The standard InChI is InChI=1S/C12H26O/c1-6-7-8-9-12(5,13)10-11(2,3)4/h13H,6-10H2,1-5H3/t12-/m0/s1. The van der Waals surface area contributed by atoms with Gasteiger partial charge in [0.05, 0.1) is 5.60 Å². The van der Waals surface area contributed by atoms with Crippen molar-refractivity contribution in [2.24, 2.45) is 5.41 Å². The average molecular weight is 186 g/mol. The van der Waals surface area contributed by atoms with Gasteiger partial charge in [0.25, 0.3) is 0 Å². The van der Waals surface area contributed by atoms with Crippen LogP contribution in [0.25, 0.3) is 0 Å². The Bertz CT molecular complexity index is 131. The summed E-state index contributed by atoms with van der Waals surface area (Å²) in [5, 5.41) is 10.1. The van der Waals surface area contributed by atoms with Crippen molar-refractivity contribution in [2.75, 3.05) is 0 Å². The lowest BCUT2D eigenvalue weighted by molar-refractivity contribution is 0.00930. The molecule has 0 aliphatic heterocycles. The molecule has 1 N–H and O–H groups in total. The molecular formula is C12H26O. The summed E-state index contributed by atoms with van der Waals surface area (Å²) in [5.41, 5.74) is -0.233. The van der Waals surface area contributed by atoms with Crippen LogP contribution in [0.2, 0.25) is 0 Å². The quantitative estimate of drug-likeness (QED) is 0.648. The molecule has 0 unspecified atom stereocenters. The van der Waals surface area contributed by atoms with Crippen LogP contribution in [0.4, 0.5) is 0 Å². The third-order valence-electron chi connectivity index (χ3n) is 2.23. The normalized spacial score (nSPS) is 17.1. The maximum absolute atomic E-state index is 10.1. The molecule has 0 rings (SSSR count). The molecule has 0 aromatic rings. The van der Waals surface area contributed by atoms with Gasteiger partial charge in [-0.2, -0.15) is 0 Å². The van der Waals surface area contributed by atoms with Crippen molar-refractivity contribution >= 4 is 0 Å². The largest absolute Gasteiger partial charge is 0.390 e. The lowest BCUT2D eigenvalue weighted by Crippen LogP contribution is -2.30.